The monoisotopic (exact) mass is 344 g/mol. The van der Waals surface area contributed by atoms with Gasteiger partial charge in [0.1, 0.15) is 0 Å². The van der Waals surface area contributed by atoms with Gasteiger partial charge in [-0.2, -0.15) is 5.10 Å². The zero-order valence-corrected chi connectivity index (χ0v) is 13.9. The fourth-order valence-corrected chi connectivity index (χ4v) is 2.54. The molecule has 26 heavy (non-hydrogen) atoms. The largest absolute Gasteiger partial charge is 0.439 e. The number of benzene rings is 2. The molecule has 0 aliphatic heterocycles. The first-order chi connectivity index (χ1) is 12.8. The second-order valence-electron chi connectivity index (χ2n) is 5.65. The molecule has 4 rings (SSSR count). The van der Waals surface area contributed by atoms with Crippen LogP contribution in [0.2, 0.25) is 0 Å². The Kier molecular flexibility index (Phi) is 4.30. The molecule has 0 unspecified atom stereocenters. The van der Waals surface area contributed by atoms with Gasteiger partial charge in [-0.25, -0.2) is 9.67 Å². The molecular weight excluding hydrogens is 328 g/mol. The van der Waals surface area contributed by atoms with Gasteiger partial charge in [-0.1, -0.05) is 48.5 Å². The minimum atomic E-state index is -0.279. The Hall–Kier alpha value is -3.67. The van der Waals surface area contributed by atoms with E-state index in [4.69, 9.17) is 4.42 Å². The Balaban J connectivity index is 1.40. The Morgan fingerprint density at radius 1 is 1.00 bits per heavy atom. The predicted octanol–water partition coefficient (Wildman–Crippen LogP) is 3.46. The minimum absolute atomic E-state index is 0.198. The van der Waals surface area contributed by atoms with Crippen LogP contribution in [0.25, 0.3) is 17.0 Å². The number of amides is 1. The molecule has 6 heteroatoms. The molecular formula is C20H16N4O2. The van der Waals surface area contributed by atoms with E-state index in [9.17, 15) is 4.79 Å². The average Bonchev–Trinajstić information content (AvgIpc) is 3.37. The van der Waals surface area contributed by atoms with Crippen LogP contribution in [-0.4, -0.2) is 20.7 Å². The van der Waals surface area contributed by atoms with E-state index in [2.05, 4.69) is 15.4 Å². The number of carbonyl (C=O) groups excluding carboxylic acids is 1. The summed E-state index contributed by atoms with van der Waals surface area (Å²) in [4.78, 5) is 16.5. The van der Waals surface area contributed by atoms with E-state index in [-0.39, 0.29) is 12.5 Å². The van der Waals surface area contributed by atoms with Gasteiger partial charge in [0, 0.05) is 11.8 Å². The Labute approximate surface area is 150 Å². The van der Waals surface area contributed by atoms with Gasteiger partial charge in [0.05, 0.1) is 18.4 Å². The summed E-state index contributed by atoms with van der Waals surface area (Å²) in [6.45, 7) is 0.198. The number of aromatic nitrogens is 3. The summed E-state index contributed by atoms with van der Waals surface area (Å²) >= 11 is 0. The van der Waals surface area contributed by atoms with Crippen LogP contribution in [0.3, 0.4) is 0 Å². The maximum absolute atomic E-state index is 12.3. The summed E-state index contributed by atoms with van der Waals surface area (Å²) in [5, 5.41) is 7.07. The van der Waals surface area contributed by atoms with Crippen LogP contribution < -0.4 is 5.32 Å². The van der Waals surface area contributed by atoms with Gasteiger partial charge in [0.25, 0.3) is 5.91 Å². The van der Waals surface area contributed by atoms with Crippen molar-refractivity contribution < 1.29 is 9.21 Å². The van der Waals surface area contributed by atoms with E-state index < -0.39 is 0 Å². The third-order valence-corrected chi connectivity index (χ3v) is 3.85. The lowest BCUT2D eigenvalue weighted by Gasteiger charge is -2.01. The van der Waals surface area contributed by atoms with Gasteiger partial charge < -0.3 is 9.73 Å². The van der Waals surface area contributed by atoms with Gasteiger partial charge >= 0.3 is 0 Å². The molecule has 0 radical (unpaired) electrons. The molecule has 0 fully saturated rings. The smallest absolute Gasteiger partial charge is 0.272 e. The van der Waals surface area contributed by atoms with Crippen molar-refractivity contribution in [2.45, 2.75) is 6.54 Å². The van der Waals surface area contributed by atoms with Crippen LogP contribution in [-0.2, 0) is 6.54 Å². The normalized spacial score (nSPS) is 10.6. The van der Waals surface area contributed by atoms with E-state index in [1.165, 1.54) is 0 Å². The van der Waals surface area contributed by atoms with E-state index in [0.717, 1.165) is 11.3 Å². The quantitative estimate of drug-likeness (QED) is 0.602. The molecule has 128 valence electrons. The number of hydrogen-bond acceptors (Lipinski definition) is 4. The number of oxazole rings is 1. The molecule has 0 saturated carbocycles. The number of rotatable bonds is 5. The standard InChI is InChI=1S/C20H16N4O2/c25-20(17-11-12-24(23-17)16-9-5-2-6-10-16)22-14-19-21-13-18(26-19)15-7-3-1-4-8-15/h1-13H,14H2,(H,22,25). The van der Waals surface area contributed by atoms with Crippen LogP contribution >= 0.6 is 0 Å². The van der Waals surface area contributed by atoms with Crippen molar-refractivity contribution >= 4 is 5.91 Å². The topological polar surface area (TPSA) is 73.0 Å². The number of hydrogen-bond donors (Lipinski definition) is 1. The molecule has 2 aromatic heterocycles. The lowest BCUT2D eigenvalue weighted by atomic mass is 10.2. The van der Waals surface area contributed by atoms with Gasteiger partial charge in [-0.05, 0) is 18.2 Å². The van der Waals surface area contributed by atoms with Crippen molar-refractivity contribution in [3.63, 3.8) is 0 Å². The van der Waals surface area contributed by atoms with E-state index in [1.54, 1.807) is 23.1 Å². The van der Waals surface area contributed by atoms with E-state index >= 15 is 0 Å². The summed E-state index contributed by atoms with van der Waals surface area (Å²) in [6, 6.07) is 21.0. The molecule has 4 aromatic rings. The summed E-state index contributed by atoms with van der Waals surface area (Å²) in [5.41, 5.74) is 2.18. The number of nitrogens with zero attached hydrogens (tertiary/aromatic N) is 3. The fourth-order valence-electron chi connectivity index (χ4n) is 2.54. The summed E-state index contributed by atoms with van der Waals surface area (Å²) in [7, 11) is 0. The Bertz CT molecular complexity index is 1010. The minimum Gasteiger partial charge on any atom is -0.439 e. The van der Waals surface area contributed by atoms with Crippen molar-refractivity contribution in [2.24, 2.45) is 0 Å². The number of nitrogens with one attached hydrogen (secondary N) is 1. The van der Waals surface area contributed by atoms with Gasteiger partial charge in [-0.3, -0.25) is 4.79 Å². The van der Waals surface area contributed by atoms with Gasteiger partial charge in [-0.15, -0.1) is 0 Å². The molecule has 1 N–H and O–H groups in total. The first-order valence-corrected chi connectivity index (χ1v) is 8.19. The highest BCUT2D eigenvalue weighted by molar-refractivity contribution is 5.92. The second-order valence-corrected chi connectivity index (χ2v) is 5.65. The van der Waals surface area contributed by atoms with Crippen LogP contribution in [0.4, 0.5) is 0 Å². The summed E-state index contributed by atoms with van der Waals surface area (Å²) < 4.78 is 7.34. The van der Waals surface area contributed by atoms with Crippen molar-refractivity contribution in [1.29, 1.82) is 0 Å². The molecule has 0 bridgehead atoms. The first kappa shape index (κ1) is 15.8. The van der Waals surface area contributed by atoms with E-state index in [1.807, 2.05) is 60.7 Å². The van der Waals surface area contributed by atoms with Gasteiger partial charge in [0.15, 0.2) is 11.5 Å². The van der Waals surface area contributed by atoms with Crippen LogP contribution in [0, 0.1) is 0 Å². The molecule has 1 amide bonds. The maximum Gasteiger partial charge on any atom is 0.272 e. The van der Waals surface area contributed by atoms with E-state index in [0.29, 0.717) is 17.3 Å². The van der Waals surface area contributed by atoms with Crippen LogP contribution in [0.15, 0.2) is 83.5 Å². The molecule has 0 saturated heterocycles. The highest BCUT2D eigenvalue weighted by atomic mass is 16.4. The molecule has 0 spiro atoms. The molecule has 2 heterocycles. The maximum atomic E-state index is 12.3. The fraction of sp³-hybridized carbons (Fsp3) is 0.0500. The molecule has 2 aromatic carbocycles. The number of para-hydroxylation sites is 1. The Morgan fingerprint density at radius 2 is 1.73 bits per heavy atom. The predicted molar refractivity (Wildman–Crippen MR) is 96.7 cm³/mol. The first-order valence-electron chi connectivity index (χ1n) is 8.19. The van der Waals surface area contributed by atoms with Crippen molar-refractivity contribution in [2.75, 3.05) is 0 Å². The van der Waals surface area contributed by atoms with Crippen molar-refractivity contribution in [1.82, 2.24) is 20.1 Å². The summed E-state index contributed by atoms with van der Waals surface area (Å²) in [5.74, 6) is 0.835. The van der Waals surface area contributed by atoms with Gasteiger partial charge in [0.2, 0.25) is 5.89 Å². The summed E-state index contributed by atoms with van der Waals surface area (Å²) in [6.07, 6.45) is 3.41. The highest BCUT2D eigenvalue weighted by Crippen LogP contribution is 2.19. The average molecular weight is 344 g/mol. The second kappa shape index (κ2) is 7.06. The molecule has 0 aliphatic rings. The van der Waals surface area contributed by atoms with Crippen molar-refractivity contribution in [3.8, 4) is 17.0 Å². The van der Waals surface area contributed by atoms with Crippen LogP contribution in [0.5, 0.6) is 0 Å². The highest BCUT2D eigenvalue weighted by Gasteiger charge is 2.12. The molecule has 0 atom stereocenters. The lowest BCUT2D eigenvalue weighted by molar-refractivity contribution is 0.0942. The lowest BCUT2D eigenvalue weighted by Crippen LogP contribution is -2.23. The SMILES string of the molecule is O=C(NCc1ncc(-c2ccccc2)o1)c1ccn(-c2ccccc2)n1. The number of carbonyl (C=O) groups is 1. The third kappa shape index (κ3) is 3.39. The van der Waals surface area contributed by atoms with Crippen LogP contribution in [0.1, 0.15) is 16.4 Å². The third-order valence-electron chi connectivity index (χ3n) is 3.85. The van der Waals surface area contributed by atoms with Crippen molar-refractivity contribution in [3.05, 3.63) is 90.7 Å². The Morgan fingerprint density at radius 3 is 2.50 bits per heavy atom. The zero-order chi connectivity index (χ0) is 17.8. The zero-order valence-electron chi connectivity index (χ0n) is 13.9. The molecule has 6 nitrogen and oxygen atoms in total. The molecule has 0 aliphatic carbocycles.